The number of hydrogen-bond donors (Lipinski definition) is 1. The number of rotatable bonds is 9. The first kappa shape index (κ1) is 23.1. The molecule has 4 rings (SSSR count). The normalized spacial score (nSPS) is 15.3. The zero-order valence-corrected chi connectivity index (χ0v) is 19.3. The van der Waals surface area contributed by atoms with Crippen molar-refractivity contribution in [3.8, 4) is 5.75 Å². The number of hydrogen-bond acceptors (Lipinski definition) is 4. The van der Waals surface area contributed by atoms with Gasteiger partial charge in [-0.05, 0) is 49.2 Å². The van der Waals surface area contributed by atoms with E-state index in [0.29, 0.717) is 25.7 Å². The minimum Gasteiger partial charge on any atom is -0.491 e. The Hall–Kier alpha value is -1.60. The summed E-state index contributed by atoms with van der Waals surface area (Å²) in [6.45, 7) is 1.67. The number of aliphatic hydroxyl groups is 1. The SMILES string of the molecule is Cl.OC(COCCOc1ccc(Br)cc1)Cn1c(C2CCCC2)nc2ccccc21. The van der Waals surface area contributed by atoms with Crippen LogP contribution in [0.5, 0.6) is 5.75 Å². The Morgan fingerprint density at radius 1 is 1.07 bits per heavy atom. The molecule has 30 heavy (non-hydrogen) atoms. The summed E-state index contributed by atoms with van der Waals surface area (Å²) in [7, 11) is 0. The number of para-hydroxylation sites is 2. The topological polar surface area (TPSA) is 56.5 Å². The van der Waals surface area contributed by atoms with Crippen LogP contribution in [-0.2, 0) is 11.3 Å². The lowest BCUT2D eigenvalue weighted by Crippen LogP contribution is -2.24. The van der Waals surface area contributed by atoms with E-state index in [1.165, 1.54) is 25.7 Å². The molecule has 1 N–H and O–H groups in total. The Bertz CT molecular complexity index is 926. The van der Waals surface area contributed by atoms with Gasteiger partial charge in [-0.25, -0.2) is 4.98 Å². The molecule has 1 saturated carbocycles. The van der Waals surface area contributed by atoms with Crippen molar-refractivity contribution in [2.75, 3.05) is 19.8 Å². The lowest BCUT2D eigenvalue weighted by Gasteiger charge is -2.17. The van der Waals surface area contributed by atoms with Crippen molar-refractivity contribution >= 4 is 39.4 Å². The first-order valence-electron chi connectivity index (χ1n) is 10.3. The van der Waals surface area contributed by atoms with Crippen LogP contribution in [0.3, 0.4) is 0 Å². The molecule has 1 aliphatic rings. The van der Waals surface area contributed by atoms with Crippen molar-refractivity contribution < 1.29 is 14.6 Å². The second-order valence-electron chi connectivity index (χ2n) is 7.58. The van der Waals surface area contributed by atoms with Crippen molar-refractivity contribution in [3.63, 3.8) is 0 Å². The van der Waals surface area contributed by atoms with E-state index < -0.39 is 6.10 Å². The second kappa shape index (κ2) is 11.1. The molecule has 0 aliphatic heterocycles. The molecule has 1 heterocycles. The van der Waals surface area contributed by atoms with E-state index in [-0.39, 0.29) is 19.0 Å². The summed E-state index contributed by atoms with van der Waals surface area (Å²) in [5.41, 5.74) is 2.09. The molecular weight excluding hydrogens is 468 g/mol. The maximum atomic E-state index is 10.6. The molecule has 162 valence electrons. The lowest BCUT2D eigenvalue weighted by atomic mass is 10.1. The van der Waals surface area contributed by atoms with Crippen molar-refractivity contribution in [2.45, 2.75) is 44.2 Å². The number of nitrogens with zero attached hydrogens (tertiary/aromatic N) is 2. The molecule has 0 spiro atoms. The maximum Gasteiger partial charge on any atom is 0.119 e. The van der Waals surface area contributed by atoms with Crippen LogP contribution in [0.1, 0.15) is 37.4 Å². The number of fused-ring (bicyclic) bond motifs is 1. The van der Waals surface area contributed by atoms with Crippen LogP contribution in [0.4, 0.5) is 0 Å². The molecule has 1 unspecified atom stereocenters. The number of ether oxygens (including phenoxy) is 2. The summed E-state index contributed by atoms with van der Waals surface area (Å²) in [5.74, 6) is 2.42. The van der Waals surface area contributed by atoms with Gasteiger partial charge in [0, 0.05) is 10.4 Å². The molecule has 2 aromatic carbocycles. The van der Waals surface area contributed by atoms with E-state index in [9.17, 15) is 5.11 Å². The zero-order valence-electron chi connectivity index (χ0n) is 16.9. The minimum atomic E-state index is -0.583. The van der Waals surface area contributed by atoms with Gasteiger partial charge in [0.2, 0.25) is 0 Å². The number of imidazole rings is 1. The fraction of sp³-hybridized carbons (Fsp3) is 0.435. The predicted octanol–water partition coefficient (Wildman–Crippen LogP) is 5.33. The van der Waals surface area contributed by atoms with E-state index in [1.807, 2.05) is 42.5 Å². The second-order valence-corrected chi connectivity index (χ2v) is 8.50. The van der Waals surface area contributed by atoms with Gasteiger partial charge in [-0.2, -0.15) is 0 Å². The summed E-state index contributed by atoms with van der Waals surface area (Å²) in [6.07, 6.45) is 4.31. The molecule has 7 heteroatoms. The molecular formula is C23H28BrClN2O3. The van der Waals surface area contributed by atoms with E-state index in [2.05, 4.69) is 26.6 Å². The quantitative estimate of drug-likeness (QED) is 0.407. The highest BCUT2D eigenvalue weighted by Gasteiger charge is 2.24. The van der Waals surface area contributed by atoms with E-state index in [4.69, 9.17) is 14.5 Å². The molecule has 1 atom stereocenters. The highest BCUT2D eigenvalue weighted by Crippen LogP contribution is 2.35. The van der Waals surface area contributed by atoms with Crippen LogP contribution >= 0.6 is 28.3 Å². The number of aliphatic hydroxyl groups excluding tert-OH is 1. The minimum absolute atomic E-state index is 0. The van der Waals surface area contributed by atoms with Gasteiger partial charge in [-0.3, -0.25) is 0 Å². The maximum absolute atomic E-state index is 10.6. The fourth-order valence-corrected chi connectivity index (χ4v) is 4.28. The van der Waals surface area contributed by atoms with Crippen molar-refractivity contribution in [1.29, 1.82) is 0 Å². The third-order valence-electron chi connectivity index (χ3n) is 5.42. The number of benzene rings is 2. The monoisotopic (exact) mass is 494 g/mol. The van der Waals surface area contributed by atoms with Crippen LogP contribution in [0.15, 0.2) is 53.0 Å². The average molecular weight is 496 g/mol. The molecule has 0 bridgehead atoms. The van der Waals surface area contributed by atoms with E-state index in [1.54, 1.807) is 0 Å². The smallest absolute Gasteiger partial charge is 0.119 e. The van der Waals surface area contributed by atoms with Gasteiger partial charge < -0.3 is 19.1 Å². The van der Waals surface area contributed by atoms with Gasteiger partial charge in [0.05, 0.1) is 36.9 Å². The van der Waals surface area contributed by atoms with Gasteiger partial charge in [0.1, 0.15) is 18.2 Å². The largest absolute Gasteiger partial charge is 0.491 e. The van der Waals surface area contributed by atoms with Gasteiger partial charge in [0.25, 0.3) is 0 Å². The molecule has 1 aliphatic carbocycles. The van der Waals surface area contributed by atoms with Crippen LogP contribution in [-0.4, -0.2) is 40.6 Å². The van der Waals surface area contributed by atoms with Gasteiger partial charge in [0.15, 0.2) is 0 Å². The standard InChI is InChI=1S/C23H27BrN2O3.ClH/c24-18-9-11-20(12-10-18)29-14-13-28-16-19(27)15-26-22-8-4-3-7-21(22)25-23(26)17-5-1-2-6-17;/h3-4,7-12,17,19,27H,1-2,5-6,13-16H2;1H. The predicted molar refractivity (Wildman–Crippen MR) is 125 cm³/mol. The molecule has 1 aromatic heterocycles. The highest BCUT2D eigenvalue weighted by molar-refractivity contribution is 9.10. The lowest BCUT2D eigenvalue weighted by molar-refractivity contribution is 0.0174. The first-order chi connectivity index (χ1) is 14.2. The zero-order chi connectivity index (χ0) is 20.1. The summed E-state index contributed by atoms with van der Waals surface area (Å²) < 4.78 is 14.5. The van der Waals surface area contributed by atoms with Crippen LogP contribution in [0.2, 0.25) is 0 Å². The van der Waals surface area contributed by atoms with Crippen LogP contribution in [0.25, 0.3) is 11.0 Å². The third-order valence-corrected chi connectivity index (χ3v) is 5.95. The van der Waals surface area contributed by atoms with Gasteiger partial charge in [-0.15, -0.1) is 12.4 Å². The average Bonchev–Trinajstić information content (AvgIpc) is 3.37. The van der Waals surface area contributed by atoms with Gasteiger partial charge >= 0.3 is 0 Å². The van der Waals surface area contributed by atoms with Gasteiger partial charge in [-0.1, -0.05) is 40.9 Å². The van der Waals surface area contributed by atoms with Crippen molar-refractivity contribution in [2.24, 2.45) is 0 Å². The highest BCUT2D eigenvalue weighted by atomic mass is 79.9. The Morgan fingerprint density at radius 3 is 2.57 bits per heavy atom. The summed E-state index contributed by atoms with van der Waals surface area (Å²) in [4.78, 5) is 4.88. The summed E-state index contributed by atoms with van der Waals surface area (Å²) in [5, 5.41) is 10.6. The molecule has 3 aromatic rings. The van der Waals surface area contributed by atoms with Crippen LogP contribution in [0, 0.1) is 0 Å². The summed E-state index contributed by atoms with van der Waals surface area (Å²) >= 11 is 3.41. The number of aromatic nitrogens is 2. The first-order valence-corrected chi connectivity index (χ1v) is 11.1. The molecule has 0 saturated heterocycles. The Labute approximate surface area is 191 Å². The van der Waals surface area contributed by atoms with Crippen LogP contribution < -0.4 is 4.74 Å². The Morgan fingerprint density at radius 2 is 1.80 bits per heavy atom. The fourth-order valence-electron chi connectivity index (χ4n) is 4.01. The molecule has 5 nitrogen and oxygen atoms in total. The van der Waals surface area contributed by atoms with E-state index in [0.717, 1.165) is 27.1 Å². The Balaban J connectivity index is 0.00000256. The molecule has 0 radical (unpaired) electrons. The molecule has 0 amide bonds. The third kappa shape index (κ3) is 5.76. The molecule has 1 fully saturated rings. The Kier molecular flexibility index (Phi) is 8.57. The van der Waals surface area contributed by atoms with Crippen molar-refractivity contribution in [1.82, 2.24) is 9.55 Å². The number of halogens is 2. The van der Waals surface area contributed by atoms with E-state index >= 15 is 0 Å². The van der Waals surface area contributed by atoms with Crippen molar-refractivity contribution in [3.05, 3.63) is 58.8 Å². The summed E-state index contributed by atoms with van der Waals surface area (Å²) in [6, 6.07) is 15.9.